The molecular weight excluding hydrogens is 394 g/mol. The van der Waals surface area contributed by atoms with Crippen LogP contribution in [0.4, 0.5) is 5.13 Å². The molecule has 0 radical (unpaired) electrons. The number of anilines is 1. The van der Waals surface area contributed by atoms with Crippen molar-refractivity contribution in [1.82, 2.24) is 9.29 Å². The highest BCUT2D eigenvalue weighted by Gasteiger charge is 2.20. The number of unbranched alkanes of at least 4 members (excludes halogenated alkanes) is 1. The number of aromatic nitrogens is 1. The van der Waals surface area contributed by atoms with Crippen molar-refractivity contribution in [3.05, 3.63) is 53.6 Å². The molecule has 3 rings (SSSR count). The van der Waals surface area contributed by atoms with Crippen LogP contribution < -0.4 is 5.32 Å². The molecule has 0 aliphatic rings. The molecule has 1 heterocycles. The average molecular weight is 418 g/mol. The van der Waals surface area contributed by atoms with Crippen molar-refractivity contribution in [2.24, 2.45) is 0 Å². The molecule has 0 fully saturated rings. The van der Waals surface area contributed by atoms with E-state index in [0.717, 1.165) is 28.6 Å². The van der Waals surface area contributed by atoms with Gasteiger partial charge in [0.2, 0.25) is 10.0 Å². The van der Waals surface area contributed by atoms with E-state index in [4.69, 9.17) is 0 Å². The Morgan fingerprint density at radius 2 is 1.89 bits per heavy atom. The van der Waals surface area contributed by atoms with E-state index in [0.29, 0.717) is 17.2 Å². The summed E-state index contributed by atoms with van der Waals surface area (Å²) in [6.07, 6.45) is 1.72. The van der Waals surface area contributed by atoms with Crippen molar-refractivity contribution in [3.8, 4) is 0 Å². The molecule has 0 saturated carbocycles. The predicted molar refractivity (Wildman–Crippen MR) is 113 cm³/mol. The van der Waals surface area contributed by atoms with Crippen LogP contribution in [-0.2, 0) is 10.0 Å². The molecule has 6 nitrogen and oxygen atoms in total. The van der Waals surface area contributed by atoms with Crippen molar-refractivity contribution < 1.29 is 13.2 Å². The highest BCUT2D eigenvalue weighted by Crippen LogP contribution is 2.27. The Bertz CT molecular complexity index is 1090. The fraction of sp³-hybridized carbons (Fsp3) is 0.300. The van der Waals surface area contributed by atoms with Crippen molar-refractivity contribution in [2.45, 2.75) is 31.6 Å². The first-order valence-electron chi connectivity index (χ1n) is 9.06. The van der Waals surface area contributed by atoms with Gasteiger partial charge >= 0.3 is 0 Å². The van der Waals surface area contributed by atoms with Gasteiger partial charge in [0.05, 0.1) is 15.1 Å². The van der Waals surface area contributed by atoms with Gasteiger partial charge in [0.15, 0.2) is 5.13 Å². The molecule has 1 amide bonds. The van der Waals surface area contributed by atoms with Gasteiger partial charge in [-0.1, -0.05) is 30.7 Å². The molecule has 0 saturated heterocycles. The van der Waals surface area contributed by atoms with Gasteiger partial charge in [0.25, 0.3) is 5.91 Å². The topological polar surface area (TPSA) is 79.4 Å². The monoisotopic (exact) mass is 417 g/mol. The van der Waals surface area contributed by atoms with E-state index >= 15 is 0 Å². The van der Waals surface area contributed by atoms with Gasteiger partial charge in [-0.2, -0.15) is 0 Å². The molecule has 0 bridgehead atoms. The smallest absolute Gasteiger partial charge is 0.257 e. The zero-order chi connectivity index (χ0) is 20.3. The number of hydrogen-bond acceptors (Lipinski definition) is 5. The molecule has 1 N–H and O–H groups in total. The minimum Gasteiger partial charge on any atom is -0.298 e. The van der Waals surface area contributed by atoms with E-state index in [1.54, 1.807) is 7.05 Å². The normalized spacial score (nSPS) is 11.9. The Balaban J connectivity index is 1.74. The zero-order valence-electron chi connectivity index (χ0n) is 16.1. The molecule has 148 valence electrons. The lowest BCUT2D eigenvalue weighted by molar-refractivity contribution is 0.102. The average Bonchev–Trinajstić information content (AvgIpc) is 3.07. The van der Waals surface area contributed by atoms with Gasteiger partial charge in [0, 0.05) is 19.2 Å². The number of nitrogens with zero attached hydrogens (tertiary/aromatic N) is 2. The fourth-order valence-corrected chi connectivity index (χ4v) is 4.88. The summed E-state index contributed by atoms with van der Waals surface area (Å²) >= 11 is 1.41. The number of nitrogens with one attached hydrogen (secondary N) is 1. The molecule has 0 atom stereocenters. The molecule has 8 heteroatoms. The second kappa shape index (κ2) is 8.38. The van der Waals surface area contributed by atoms with Crippen LogP contribution in [0.25, 0.3) is 10.2 Å². The number of benzene rings is 2. The van der Waals surface area contributed by atoms with Gasteiger partial charge in [-0.05, 0) is 55.3 Å². The number of thiazole rings is 1. The summed E-state index contributed by atoms with van der Waals surface area (Å²) in [6.45, 7) is 4.49. The number of amides is 1. The highest BCUT2D eigenvalue weighted by molar-refractivity contribution is 7.89. The first-order valence-corrected chi connectivity index (χ1v) is 11.3. The summed E-state index contributed by atoms with van der Waals surface area (Å²) in [5.41, 5.74) is 2.35. The Hall–Kier alpha value is -2.29. The largest absolute Gasteiger partial charge is 0.298 e. The lowest BCUT2D eigenvalue weighted by Crippen LogP contribution is -2.28. The number of carbonyl (C=O) groups excluding carboxylic acids is 1. The van der Waals surface area contributed by atoms with Crippen molar-refractivity contribution >= 4 is 42.6 Å². The second-order valence-corrected chi connectivity index (χ2v) is 9.72. The summed E-state index contributed by atoms with van der Waals surface area (Å²) in [5, 5.41) is 3.30. The van der Waals surface area contributed by atoms with E-state index in [2.05, 4.69) is 10.3 Å². The highest BCUT2D eigenvalue weighted by atomic mass is 32.2. The van der Waals surface area contributed by atoms with Gasteiger partial charge in [-0.3, -0.25) is 10.1 Å². The quantitative estimate of drug-likeness (QED) is 0.622. The van der Waals surface area contributed by atoms with E-state index in [-0.39, 0.29) is 10.8 Å². The Morgan fingerprint density at radius 1 is 1.18 bits per heavy atom. The van der Waals surface area contributed by atoms with Gasteiger partial charge < -0.3 is 0 Å². The van der Waals surface area contributed by atoms with Crippen molar-refractivity contribution in [3.63, 3.8) is 0 Å². The van der Waals surface area contributed by atoms with Gasteiger partial charge in [-0.15, -0.1) is 0 Å². The first-order chi connectivity index (χ1) is 13.3. The van der Waals surface area contributed by atoms with Crippen LogP contribution in [0.1, 0.15) is 35.7 Å². The van der Waals surface area contributed by atoms with E-state index < -0.39 is 10.0 Å². The maximum absolute atomic E-state index is 12.6. The van der Waals surface area contributed by atoms with Crippen molar-refractivity contribution in [1.29, 1.82) is 0 Å². The van der Waals surface area contributed by atoms with Crippen LogP contribution in [0.5, 0.6) is 0 Å². The van der Waals surface area contributed by atoms with Crippen LogP contribution in [0, 0.1) is 6.92 Å². The molecule has 2 aromatic carbocycles. The molecular formula is C20H23N3O3S2. The van der Waals surface area contributed by atoms with E-state index in [9.17, 15) is 13.2 Å². The van der Waals surface area contributed by atoms with Crippen LogP contribution in [0.3, 0.4) is 0 Å². The molecule has 3 aromatic rings. The van der Waals surface area contributed by atoms with Gasteiger partial charge in [0.1, 0.15) is 0 Å². The number of carbonyl (C=O) groups is 1. The second-order valence-electron chi connectivity index (χ2n) is 6.65. The maximum atomic E-state index is 12.6. The number of fused-ring (bicyclic) bond motifs is 1. The fourth-order valence-electron chi connectivity index (χ4n) is 2.71. The first kappa shape index (κ1) is 20.4. The summed E-state index contributed by atoms with van der Waals surface area (Å²) in [5.74, 6) is -0.320. The maximum Gasteiger partial charge on any atom is 0.257 e. The summed E-state index contributed by atoms with van der Waals surface area (Å²) in [7, 11) is -1.97. The molecule has 0 aliphatic heterocycles. The summed E-state index contributed by atoms with van der Waals surface area (Å²) in [6, 6.07) is 11.9. The third kappa shape index (κ3) is 4.40. The molecule has 0 unspecified atom stereocenters. The third-order valence-electron chi connectivity index (χ3n) is 4.42. The lowest BCUT2D eigenvalue weighted by atomic mass is 10.2. The minimum atomic E-state index is -3.54. The van der Waals surface area contributed by atoms with Crippen LogP contribution in [0.15, 0.2) is 47.4 Å². The van der Waals surface area contributed by atoms with E-state index in [1.165, 1.54) is 39.9 Å². The Kier molecular flexibility index (Phi) is 6.12. The SMILES string of the molecule is CCCCN(C)S(=O)(=O)c1ccc(C(=O)Nc2nc3ccc(C)cc3s2)cc1. The Labute approximate surface area is 169 Å². The number of sulfonamides is 1. The number of hydrogen-bond donors (Lipinski definition) is 1. The van der Waals surface area contributed by atoms with Crippen LogP contribution >= 0.6 is 11.3 Å². The third-order valence-corrected chi connectivity index (χ3v) is 7.22. The Morgan fingerprint density at radius 3 is 2.57 bits per heavy atom. The van der Waals surface area contributed by atoms with Gasteiger partial charge in [-0.25, -0.2) is 17.7 Å². The lowest BCUT2D eigenvalue weighted by Gasteiger charge is -2.16. The molecule has 0 aliphatic carbocycles. The minimum absolute atomic E-state index is 0.179. The van der Waals surface area contributed by atoms with E-state index in [1.807, 2.05) is 32.0 Å². The zero-order valence-corrected chi connectivity index (χ0v) is 17.7. The number of rotatable bonds is 7. The standard InChI is InChI=1S/C20H23N3O3S2/c1-4-5-12-23(3)28(25,26)16-9-7-15(8-10-16)19(24)22-20-21-17-11-6-14(2)13-18(17)27-20/h6-11,13H,4-5,12H2,1-3H3,(H,21,22,24). The molecule has 1 aromatic heterocycles. The molecule has 28 heavy (non-hydrogen) atoms. The predicted octanol–water partition coefficient (Wildman–Crippen LogP) is 4.28. The van der Waals surface area contributed by atoms with Crippen LogP contribution in [0.2, 0.25) is 0 Å². The van der Waals surface area contributed by atoms with Crippen LogP contribution in [-0.4, -0.2) is 37.2 Å². The summed E-state index contributed by atoms with van der Waals surface area (Å²) in [4.78, 5) is 17.1. The van der Waals surface area contributed by atoms with Crippen molar-refractivity contribution in [2.75, 3.05) is 18.9 Å². The number of aryl methyl sites for hydroxylation is 1. The summed E-state index contributed by atoms with van der Waals surface area (Å²) < 4.78 is 27.5. The molecule has 0 spiro atoms.